The van der Waals surface area contributed by atoms with Crippen LogP contribution in [-0.2, 0) is 11.8 Å². The molecule has 0 fully saturated rings. The number of aryl methyl sites for hydroxylation is 1. The third-order valence-corrected chi connectivity index (χ3v) is 3.39. The van der Waals surface area contributed by atoms with Crippen LogP contribution in [0.1, 0.15) is 56.9 Å². The highest BCUT2D eigenvalue weighted by Gasteiger charge is 2.27. The predicted molar refractivity (Wildman–Crippen MR) is 69.6 cm³/mol. The second-order valence-electron chi connectivity index (χ2n) is 5.82. The number of aliphatic hydroxyl groups excluding tert-OH is 1. The van der Waals surface area contributed by atoms with Crippen molar-refractivity contribution < 1.29 is 9.84 Å². The summed E-state index contributed by atoms with van der Waals surface area (Å²) in [4.78, 5) is 0. The van der Waals surface area contributed by atoms with Gasteiger partial charge in [0.2, 0.25) is 0 Å². The lowest BCUT2D eigenvalue weighted by molar-refractivity contribution is 0.113. The Morgan fingerprint density at radius 2 is 2.06 bits per heavy atom. The van der Waals surface area contributed by atoms with Crippen molar-refractivity contribution in [1.29, 1.82) is 0 Å². The summed E-state index contributed by atoms with van der Waals surface area (Å²) in [5, 5.41) is 10.1. The fourth-order valence-corrected chi connectivity index (χ4v) is 2.31. The Labute approximate surface area is 104 Å². The Hall–Kier alpha value is -1.02. The minimum atomic E-state index is -0.369. The molecule has 2 nitrogen and oxygen atoms in total. The lowest BCUT2D eigenvalue weighted by atomic mass is 9.82. The molecule has 0 unspecified atom stereocenters. The van der Waals surface area contributed by atoms with Crippen LogP contribution < -0.4 is 4.74 Å². The molecule has 2 rings (SSSR count). The van der Waals surface area contributed by atoms with Crippen molar-refractivity contribution in [2.24, 2.45) is 0 Å². The normalized spacial score (nSPS) is 19.7. The van der Waals surface area contributed by atoms with Crippen molar-refractivity contribution >= 4 is 0 Å². The lowest BCUT2D eigenvalue weighted by Gasteiger charge is -2.30. The van der Waals surface area contributed by atoms with Crippen molar-refractivity contribution in [2.45, 2.75) is 52.1 Å². The van der Waals surface area contributed by atoms with E-state index in [0.29, 0.717) is 13.0 Å². The van der Waals surface area contributed by atoms with E-state index < -0.39 is 0 Å². The van der Waals surface area contributed by atoms with Crippen LogP contribution in [-0.4, -0.2) is 11.7 Å². The van der Waals surface area contributed by atoms with Crippen LogP contribution in [0.4, 0.5) is 0 Å². The molecule has 1 N–H and O–H groups in total. The van der Waals surface area contributed by atoms with Gasteiger partial charge in [-0.25, -0.2) is 0 Å². The zero-order chi connectivity index (χ0) is 12.6. The number of rotatable bonds is 1. The fourth-order valence-electron chi connectivity index (χ4n) is 2.31. The topological polar surface area (TPSA) is 29.5 Å². The van der Waals surface area contributed by atoms with E-state index in [0.717, 1.165) is 17.7 Å². The third-order valence-electron chi connectivity index (χ3n) is 3.39. The molecular formula is C15H22O2. The summed E-state index contributed by atoms with van der Waals surface area (Å²) >= 11 is 0. The molecular weight excluding hydrogens is 212 g/mol. The standard InChI is InChI=1S/C15H22O2/c1-5-10-8-11-13(16)6-7-17-14(11)12(9-10)15(2,3)4/h8-9,13,16H,5-7H2,1-4H3/t13-/m1/s1. The number of aliphatic hydroxyl groups is 1. The van der Waals surface area contributed by atoms with Gasteiger partial charge in [-0.05, 0) is 23.5 Å². The Balaban J connectivity index is 2.62. The summed E-state index contributed by atoms with van der Waals surface area (Å²) in [7, 11) is 0. The summed E-state index contributed by atoms with van der Waals surface area (Å²) in [6, 6.07) is 4.31. The number of hydrogen-bond acceptors (Lipinski definition) is 2. The second-order valence-corrected chi connectivity index (χ2v) is 5.82. The summed E-state index contributed by atoms with van der Waals surface area (Å²) in [6.45, 7) is 9.32. The van der Waals surface area contributed by atoms with Crippen molar-refractivity contribution in [2.75, 3.05) is 6.61 Å². The molecule has 0 saturated carbocycles. The van der Waals surface area contributed by atoms with Crippen LogP contribution in [0.15, 0.2) is 12.1 Å². The van der Waals surface area contributed by atoms with Crippen LogP contribution in [0.5, 0.6) is 5.75 Å². The SMILES string of the molecule is CCc1cc2c(c(C(C)(C)C)c1)OCC[C@H]2O. The number of ether oxygens (including phenoxy) is 1. The lowest BCUT2D eigenvalue weighted by Crippen LogP contribution is -2.21. The van der Waals surface area contributed by atoms with Crippen LogP contribution >= 0.6 is 0 Å². The average molecular weight is 234 g/mol. The van der Waals surface area contributed by atoms with E-state index in [1.54, 1.807) is 0 Å². The number of fused-ring (bicyclic) bond motifs is 1. The van der Waals surface area contributed by atoms with Crippen LogP contribution in [0.2, 0.25) is 0 Å². The highest BCUT2D eigenvalue weighted by Crippen LogP contribution is 2.41. The summed E-state index contributed by atoms with van der Waals surface area (Å²) in [6.07, 6.45) is 1.32. The van der Waals surface area contributed by atoms with Crippen LogP contribution in [0.25, 0.3) is 0 Å². The summed E-state index contributed by atoms with van der Waals surface area (Å²) < 4.78 is 5.79. The van der Waals surface area contributed by atoms with Gasteiger partial charge in [0.1, 0.15) is 5.75 Å². The summed E-state index contributed by atoms with van der Waals surface area (Å²) in [5.74, 6) is 0.911. The first kappa shape index (κ1) is 12.4. The number of benzene rings is 1. The van der Waals surface area contributed by atoms with E-state index in [1.807, 2.05) is 0 Å². The van der Waals surface area contributed by atoms with E-state index in [1.165, 1.54) is 11.1 Å². The molecule has 0 bridgehead atoms. The van der Waals surface area contributed by atoms with Gasteiger partial charge in [-0.3, -0.25) is 0 Å². The van der Waals surface area contributed by atoms with Crippen LogP contribution in [0.3, 0.4) is 0 Å². The van der Waals surface area contributed by atoms with Crippen molar-refractivity contribution in [3.8, 4) is 5.75 Å². The van der Waals surface area contributed by atoms with E-state index in [-0.39, 0.29) is 11.5 Å². The maximum absolute atomic E-state index is 10.1. The molecule has 0 spiro atoms. The van der Waals surface area contributed by atoms with Crippen molar-refractivity contribution in [1.82, 2.24) is 0 Å². The van der Waals surface area contributed by atoms with E-state index >= 15 is 0 Å². The zero-order valence-corrected chi connectivity index (χ0v) is 11.2. The molecule has 2 heteroatoms. The van der Waals surface area contributed by atoms with Gasteiger partial charge in [0.05, 0.1) is 12.7 Å². The molecule has 0 amide bonds. The molecule has 1 heterocycles. The minimum absolute atomic E-state index is 0.0479. The Bertz CT molecular complexity index is 416. The first-order valence-electron chi connectivity index (χ1n) is 6.41. The molecule has 0 saturated heterocycles. The highest BCUT2D eigenvalue weighted by atomic mass is 16.5. The molecule has 1 aliphatic heterocycles. The van der Waals surface area contributed by atoms with Crippen LogP contribution in [0, 0.1) is 0 Å². The Kier molecular flexibility index (Phi) is 3.17. The van der Waals surface area contributed by atoms with Gasteiger partial charge in [0, 0.05) is 17.5 Å². The Morgan fingerprint density at radius 1 is 1.35 bits per heavy atom. The summed E-state index contributed by atoms with van der Waals surface area (Å²) in [5.41, 5.74) is 3.51. The molecule has 1 atom stereocenters. The van der Waals surface area contributed by atoms with Gasteiger partial charge < -0.3 is 9.84 Å². The predicted octanol–water partition coefficient (Wildman–Crippen LogP) is 3.36. The van der Waals surface area contributed by atoms with Gasteiger partial charge in [0.15, 0.2) is 0 Å². The van der Waals surface area contributed by atoms with Gasteiger partial charge in [0.25, 0.3) is 0 Å². The quantitative estimate of drug-likeness (QED) is 0.807. The second kappa shape index (κ2) is 4.34. The maximum atomic E-state index is 10.1. The molecule has 1 aromatic carbocycles. The average Bonchev–Trinajstić information content (AvgIpc) is 2.27. The smallest absolute Gasteiger partial charge is 0.128 e. The maximum Gasteiger partial charge on any atom is 0.128 e. The molecule has 1 aromatic rings. The van der Waals surface area contributed by atoms with E-state index in [4.69, 9.17) is 4.74 Å². The fraction of sp³-hybridized carbons (Fsp3) is 0.600. The molecule has 17 heavy (non-hydrogen) atoms. The highest BCUT2D eigenvalue weighted by molar-refractivity contribution is 5.49. The first-order valence-corrected chi connectivity index (χ1v) is 6.41. The van der Waals surface area contributed by atoms with E-state index in [9.17, 15) is 5.11 Å². The van der Waals surface area contributed by atoms with Gasteiger partial charge in [-0.2, -0.15) is 0 Å². The van der Waals surface area contributed by atoms with Crippen molar-refractivity contribution in [3.05, 3.63) is 28.8 Å². The Morgan fingerprint density at radius 3 is 2.65 bits per heavy atom. The first-order chi connectivity index (χ1) is 7.93. The monoisotopic (exact) mass is 234 g/mol. The molecule has 0 radical (unpaired) electrons. The van der Waals surface area contributed by atoms with Gasteiger partial charge in [-0.1, -0.05) is 33.8 Å². The van der Waals surface area contributed by atoms with Gasteiger partial charge in [-0.15, -0.1) is 0 Å². The zero-order valence-electron chi connectivity index (χ0n) is 11.2. The van der Waals surface area contributed by atoms with E-state index in [2.05, 4.69) is 39.8 Å². The number of hydrogen-bond donors (Lipinski definition) is 1. The molecule has 0 aromatic heterocycles. The molecule has 1 aliphatic rings. The van der Waals surface area contributed by atoms with Crippen molar-refractivity contribution in [3.63, 3.8) is 0 Å². The molecule has 0 aliphatic carbocycles. The largest absolute Gasteiger partial charge is 0.493 e. The third kappa shape index (κ3) is 2.32. The van der Waals surface area contributed by atoms with Gasteiger partial charge >= 0.3 is 0 Å². The minimum Gasteiger partial charge on any atom is -0.493 e. The molecule has 94 valence electrons.